The van der Waals surface area contributed by atoms with Gasteiger partial charge in [0.25, 0.3) is 5.91 Å². The fraction of sp³-hybridized carbons (Fsp3) is 0.452. The molecule has 0 saturated carbocycles. The molecule has 0 saturated heterocycles. The molecule has 3 amide bonds. The summed E-state index contributed by atoms with van der Waals surface area (Å²) in [5.74, 6) is 0.155. The molecule has 0 aliphatic carbocycles. The van der Waals surface area contributed by atoms with Crippen molar-refractivity contribution in [3.8, 4) is 5.75 Å². The first-order valence-electron chi connectivity index (χ1n) is 14.0. The molecule has 2 aliphatic rings. The number of hydrogen-bond donors (Lipinski definition) is 4. The standard InChI is InChI=1S/C31H42N4O5/c1-39-21-16-31(30(38)34-19-5-10-25-8-3-2-4-9-25)22-26-12-14-27(15-13-26)40-23-29(37)33-20-7-18-32-17-6-11-28(36)35-24-31/h2-5,8-10,12-15,32H,6-7,11,16-24H2,1H3,(H,33,37)(H,34,38)(H,35,36). The minimum Gasteiger partial charge on any atom is -0.484 e. The Hall–Kier alpha value is -3.69. The van der Waals surface area contributed by atoms with E-state index in [-0.39, 0.29) is 30.9 Å². The van der Waals surface area contributed by atoms with Crippen LogP contribution in [0.5, 0.6) is 5.75 Å². The zero-order valence-electron chi connectivity index (χ0n) is 23.4. The molecule has 1 unspecified atom stereocenters. The van der Waals surface area contributed by atoms with Gasteiger partial charge >= 0.3 is 0 Å². The molecule has 216 valence electrons. The van der Waals surface area contributed by atoms with Gasteiger partial charge in [0.05, 0.1) is 5.41 Å². The second kappa shape index (κ2) is 17.1. The lowest BCUT2D eigenvalue weighted by Crippen LogP contribution is -2.50. The third kappa shape index (κ3) is 10.8. The summed E-state index contributed by atoms with van der Waals surface area (Å²) in [7, 11) is 1.61. The van der Waals surface area contributed by atoms with E-state index in [1.807, 2.05) is 54.6 Å². The lowest BCUT2D eigenvalue weighted by molar-refractivity contribution is -0.132. The van der Waals surface area contributed by atoms with Crippen LogP contribution < -0.4 is 26.0 Å². The number of carbonyl (C=O) groups excluding carboxylic acids is 3. The molecule has 4 N–H and O–H groups in total. The molecule has 4 rings (SSSR count). The summed E-state index contributed by atoms with van der Waals surface area (Å²) < 4.78 is 11.0. The quantitative estimate of drug-likeness (QED) is 0.421. The smallest absolute Gasteiger partial charge is 0.257 e. The van der Waals surface area contributed by atoms with E-state index < -0.39 is 5.41 Å². The number of benzene rings is 2. The van der Waals surface area contributed by atoms with E-state index >= 15 is 0 Å². The first-order chi connectivity index (χ1) is 19.5. The topological polar surface area (TPSA) is 118 Å². The molecule has 0 fully saturated rings. The summed E-state index contributed by atoms with van der Waals surface area (Å²) in [6.45, 7) is 2.84. The maximum absolute atomic E-state index is 13.8. The number of carbonyl (C=O) groups is 3. The summed E-state index contributed by atoms with van der Waals surface area (Å²) in [4.78, 5) is 38.6. The fourth-order valence-electron chi connectivity index (χ4n) is 4.50. The van der Waals surface area contributed by atoms with Crippen molar-refractivity contribution in [2.45, 2.75) is 32.1 Å². The average Bonchev–Trinajstić information content (AvgIpc) is 2.97. The Kier molecular flexibility index (Phi) is 13.2. The van der Waals surface area contributed by atoms with Gasteiger partial charge in [-0.2, -0.15) is 0 Å². The Morgan fingerprint density at radius 2 is 1.77 bits per heavy atom. The van der Waals surface area contributed by atoms with Crippen molar-refractivity contribution in [3.63, 3.8) is 0 Å². The predicted octanol–water partition coefficient (Wildman–Crippen LogP) is 2.47. The summed E-state index contributed by atoms with van der Waals surface area (Å²) >= 11 is 0. The molecule has 0 aromatic heterocycles. The van der Waals surface area contributed by atoms with Gasteiger partial charge in [0.2, 0.25) is 11.8 Å². The lowest BCUT2D eigenvalue weighted by Gasteiger charge is -2.33. The van der Waals surface area contributed by atoms with Crippen LogP contribution in [0.3, 0.4) is 0 Å². The van der Waals surface area contributed by atoms with E-state index in [4.69, 9.17) is 9.47 Å². The van der Waals surface area contributed by atoms with Gasteiger partial charge < -0.3 is 30.7 Å². The molecule has 9 heteroatoms. The molecule has 2 aromatic rings. The second-order valence-corrected chi connectivity index (χ2v) is 9.99. The van der Waals surface area contributed by atoms with Gasteiger partial charge in [-0.1, -0.05) is 54.6 Å². The normalized spacial score (nSPS) is 19.8. The van der Waals surface area contributed by atoms with Crippen LogP contribution in [0.2, 0.25) is 0 Å². The SMILES string of the molecule is COCCC1(C(=O)NCC=Cc2ccccc2)CNC(=O)CCCNCCCNC(=O)COc2ccc(cc2)C1. The molecule has 40 heavy (non-hydrogen) atoms. The minimum atomic E-state index is -0.923. The van der Waals surface area contributed by atoms with Gasteiger partial charge in [0.1, 0.15) is 5.75 Å². The molecule has 2 heterocycles. The summed E-state index contributed by atoms with van der Waals surface area (Å²) in [6, 6.07) is 17.3. The number of amides is 3. The van der Waals surface area contributed by atoms with E-state index in [0.29, 0.717) is 57.7 Å². The van der Waals surface area contributed by atoms with Gasteiger partial charge in [-0.05, 0) is 62.0 Å². The molecule has 2 aromatic carbocycles. The Morgan fingerprint density at radius 3 is 2.55 bits per heavy atom. The Bertz CT molecular complexity index is 1090. The highest BCUT2D eigenvalue weighted by molar-refractivity contribution is 5.85. The number of fused-ring (bicyclic) bond motifs is 17. The number of rotatable bonds is 7. The zero-order chi connectivity index (χ0) is 28.5. The van der Waals surface area contributed by atoms with E-state index in [2.05, 4.69) is 21.3 Å². The molecule has 0 radical (unpaired) electrons. The van der Waals surface area contributed by atoms with Crippen LogP contribution in [0.15, 0.2) is 60.7 Å². The molecule has 0 spiro atoms. The van der Waals surface area contributed by atoms with Crippen LogP contribution in [0, 0.1) is 5.41 Å². The Morgan fingerprint density at radius 1 is 1.00 bits per heavy atom. The summed E-state index contributed by atoms with van der Waals surface area (Å²) in [5.41, 5.74) is 1.04. The van der Waals surface area contributed by atoms with Crippen molar-refractivity contribution < 1.29 is 23.9 Å². The maximum atomic E-state index is 13.8. The molecule has 2 bridgehead atoms. The number of hydrogen-bond acceptors (Lipinski definition) is 6. The third-order valence-corrected chi connectivity index (χ3v) is 6.83. The molecule has 2 aliphatic heterocycles. The Labute approximate surface area is 237 Å². The van der Waals surface area contributed by atoms with Gasteiger partial charge in [0, 0.05) is 39.8 Å². The Balaban J connectivity index is 1.78. The number of methoxy groups -OCH3 is 1. The van der Waals surface area contributed by atoms with Crippen LogP contribution >= 0.6 is 0 Å². The van der Waals surface area contributed by atoms with Crippen LogP contribution in [-0.2, 0) is 25.5 Å². The minimum absolute atomic E-state index is 0.0600. The summed E-state index contributed by atoms with van der Waals surface area (Å²) in [6.07, 6.45) is 6.52. The van der Waals surface area contributed by atoms with Crippen LogP contribution in [0.25, 0.3) is 6.08 Å². The number of ether oxygens (including phenoxy) is 2. The van der Waals surface area contributed by atoms with Gasteiger partial charge in [-0.15, -0.1) is 0 Å². The third-order valence-electron chi connectivity index (χ3n) is 6.83. The molecule has 1 atom stereocenters. The van der Waals surface area contributed by atoms with Gasteiger partial charge in [-0.25, -0.2) is 0 Å². The predicted molar refractivity (Wildman–Crippen MR) is 156 cm³/mol. The molecular weight excluding hydrogens is 508 g/mol. The highest BCUT2D eigenvalue weighted by Crippen LogP contribution is 2.29. The first-order valence-corrected chi connectivity index (χ1v) is 14.0. The maximum Gasteiger partial charge on any atom is 0.257 e. The van der Waals surface area contributed by atoms with E-state index in [0.717, 1.165) is 24.1 Å². The monoisotopic (exact) mass is 550 g/mol. The first kappa shape index (κ1) is 30.8. The van der Waals surface area contributed by atoms with Crippen molar-refractivity contribution in [3.05, 3.63) is 71.8 Å². The molecule has 9 nitrogen and oxygen atoms in total. The van der Waals surface area contributed by atoms with Crippen molar-refractivity contribution in [2.24, 2.45) is 5.41 Å². The van der Waals surface area contributed by atoms with Crippen molar-refractivity contribution in [1.82, 2.24) is 21.3 Å². The highest BCUT2D eigenvalue weighted by atomic mass is 16.5. The van der Waals surface area contributed by atoms with E-state index in [1.165, 1.54) is 0 Å². The molecular formula is C31H42N4O5. The van der Waals surface area contributed by atoms with E-state index in [1.54, 1.807) is 19.2 Å². The van der Waals surface area contributed by atoms with Gasteiger partial charge in [-0.3, -0.25) is 14.4 Å². The second-order valence-electron chi connectivity index (χ2n) is 9.99. The van der Waals surface area contributed by atoms with Crippen molar-refractivity contribution >= 4 is 23.8 Å². The fourth-order valence-corrected chi connectivity index (χ4v) is 4.50. The van der Waals surface area contributed by atoms with Crippen LogP contribution in [0.1, 0.15) is 36.8 Å². The average molecular weight is 551 g/mol. The van der Waals surface area contributed by atoms with Crippen molar-refractivity contribution in [2.75, 3.05) is 53.0 Å². The largest absolute Gasteiger partial charge is 0.484 e. The number of nitrogens with one attached hydrogen (secondary N) is 4. The lowest BCUT2D eigenvalue weighted by atomic mass is 9.77. The van der Waals surface area contributed by atoms with Crippen LogP contribution in [0.4, 0.5) is 0 Å². The van der Waals surface area contributed by atoms with E-state index in [9.17, 15) is 14.4 Å². The zero-order valence-corrected chi connectivity index (χ0v) is 23.4. The van der Waals surface area contributed by atoms with Gasteiger partial charge in [0.15, 0.2) is 6.61 Å². The van der Waals surface area contributed by atoms with Crippen molar-refractivity contribution in [1.29, 1.82) is 0 Å². The van der Waals surface area contributed by atoms with Crippen LogP contribution in [-0.4, -0.2) is 70.8 Å². The summed E-state index contributed by atoms with van der Waals surface area (Å²) in [5, 5.41) is 12.2. The highest BCUT2D eigenvalue weighted by Gasteiger charge is 2.38.